The summed E-state index contributed by atoms with van der Waals surface area (Å²) >= 11 is 3.55. The summed E-state index contributed by atoms with van der Waals surface area (Å²) in [5.41, 5.74) is 0. The smallest absolute Gasteiger partial charge is 0.233 e. The van der Waals surface area contributed by atoms with E-state index in [1.807, 2.05) is 0 Å². The first kappa shape index (κ1) is 15.5. The van der Waals surface area contributed by atoms with E-state index in [0.29, 0.717) is 11.8 Å². The van der Waals surface area contributed by atoms with Crippen LogP contribution in [0.4, 0.5) is 5.82 Å². The second-order valence-electron chi connectivity index (χ2n) is 5.78. The van der Waals surface area contributed by atoms with Crippen LogP contribution in [0.5, 0.6) is 5.88 Å². The molecule has 1 fully saturated rings. The van der Waals surface area contributed by atoms with Gasteiger partial charge in [0.15, 0.2) is 0 Å². The fourth-order valence-corrected chi connectivity index (χ4v) is 3.00. The van der Waals surface area contributed by atoms with E-state index in [-0.39, 0.29) is 6.10 Å². The summed E-state index contributed by atoms with van der Waals surface area (Å²) in [6, 6.07) is 0. The highest BCUT2D eigenvalue weighted by molar-refractivity contribution is 9.10. The summed E-state index contributed by atoms with van der Waals surface area (Å²) in [6.07, 6.45) is 6.34. The number of nitrogens with zero attached hydrogens (tertiary/aromatic N) is 2. The Morgan fingerprint density at radius 2 is 2.10 bits per heavy atom. The lowest BCUT2D eigenvalue weighted by Crippen LogP contribution is -2.29. The average Bonchev–Trinajstić information content (AvgIpc) is 2.44. The lowest BCUT2D eigenvalue weighted by atomic mass is 9.80. The Morgan fingerprint density at radius 3 is 2.80 bits per heavy atom. The average molecular weight is 342 g/mol. The summed E-state index contributed by atoms with van der Waals surface area (Å²) < 4.78 is 6.92. The molecule has 1 aliphatic carbocycles. The molecule has 0 radical (unpaired) electrons. The number of halogens is 1. The minimum absolute atomic E-state index is 0.270. The van der Waals surface area contributed by atoms with Gasteiger partial charge >= 0.3 is 0 Å². The standard InChI is InChI=1S/C15H24BrN3O/c1-4-7-17-14-13(16)15(19-9-18-14)20-12-6-5-10(2)11(3)8-12/h9-12H,4-8H2,1-3H3,(H,17,18,19). The van der Waals surface area contributed by atoms with E-state index in [4.69, 9.17) is 4.74 Å². The molecular weight excluding hydrogens is 318 g/mol. The van der Waals surface area contributed by atoms with Crippen molar-refractivity contribution >= 4 is 21.7 Å². The largest absolute Gasteiger partial charge is 0.473 e. The Bertz CT molecular complexity index is 441. The van der Waals surface area contributed by atoms with Crippen molar-refractivity contribution in [2.24, 2.45) is 11.8 Å². The molecule has 0 spiro atoms. The minimum Gasteiger partial charge on any atom is -0.473 e. The Morgan fingerprint density at radius 1 is 1.30 bits per heavy atom. The fraction of sp³-hybridized carbons (Fsp3) is 0.733. The predicted octanol–water partition coefficient (Wildman–Crippen LogP) is 4.26. The highest BCUT2D eigenvalue weighted by Crippen LogP contribution is 2.34. The molecule has 1 saturated carbocycles. The van der Waals surface area contributed by atoms with Gasteiger partial charge in [0.05, 0.1) is 0 Å². The molecule has 0 bridgehead atoms. The minimum atomic E-state index is 0.270. The molecule has 112 valence electrons. The van der Waals surface area contributed by atoms with Crippen LogP contribution < -0.4 is 10.1 Å². The Balaban J connectivity index is 2.02. The zero-order chi connectivity index (χ0) is 14.5. The third-order valence-corrected chi connectivity index (χ3v) is 4.84. The summed E-state index contributed by atoms with van der Waals surface area (Å²) in [5, 5.41) is 3.28. The van der Waals surface area contributed by atoms with Crippen LogP contribution in [0.15, 0.2) is 10.8 Å². The van der Waals surface area contributed by atoms with Crippen molar-refractivity contribution in [3.05, 3.63) is 10.8 Å². The van der Waals surface area contributed by atoms with E-state index in [9.17, 15) is 0 Å². The van der Waals surface area contributed by atoms with Gasteiger partial charge in [-0.2, -0.15) is 0 Å². The maximum atomic E-state index is 6.09. The normalized spacial score (nSPS) is 26.3. The third-order valence-electron chi connectivity index (χ3n) is 4.13. The van der Waals surface area contributed by atoms with Gasteiger partial charge in [0, 0.05) is 6.54 Å². The van der Waals surface area contributed by atoms with Crippen LogP contribution in [0.3, 0.4) is 0 Å². The molecule has 1 heterocycles. The van der Waals surface area contributed by atoms with Crippen LogP contribution in [0.1, 0.15) is 46.5 Å². The number of anilines is 1. The first-order valence-corrected chi connectivity index (χ1v) is 8.32. The highest BCUT2D eigenvalue weighted by atomic mass is 79.9. The number of rotatable bonds is 5. The maximum Gasteiger partial charge on any atom is 0.233 e. The number of hydrogen-bond donors (Lipinski definition) is 1. The molecule has 1 aromatic heterocycles. The summed E-state index contributed by atoms with van der Waals surface area (Å²) in [7, 11) is 0. The lowest BCUT2D eigenvalue weighted by molar-refractivity contribution is 0.0956. The molecule has 1 aromatic rings. The molecule has 0 aliphatic heterocycles. The SMILES string of the molecule is CCCNc1ncnc(OC2CCC(C)C(C)C2)c1Br. The summed E-state index contributed by atoms with van der Waals surface area (Å²) in [6.45, 7) is 7.66. The quantitative estimate of drug-likeness (QED) is 0.868. The van der Waals surface area contributed by atoms with Gasteiger partial charge in [-0.25, -0.2) is 9.97 Å². The molecule has 0 amide bonds. The van der Waals surface area contributed by atoms with Crippen LogP contribution in [0, 0.1) is 11.8 Å². The van der Waals surface area contributed by atoms with E-state index in [2.05, 4.69) is 52.0 Å². The molecule has 1 aliphatic rings. The first-order chi connectivity index (χ1) is 9.61. The highest BCUT2D eigenvalue weighted by Gasteiger charge is 2.26. The van der Waals surface area contributed by atoms with Gasteiger partial charge in [0.25, 0.3) is 0 Å². The van der Waals surface area contributed by atoms with Crippen LogP contribution in [0.25, 0.3) is 0 Å². The van der Waals surface area contributed by atoms with E-state index in [0.717, 1.165) is 42.0 Å². The lowest BCUT2D eigenvalue weighted by Gasteiger charge is -2.32. The van der Waals surface area contributed by atoms with Gasteiger partial charge in [0.2, 0.25) is 5.88 Å². The molecule has 2 rings (SSSR count). The second kappa shape index (κ2) is 7.25. The van der Waals surface area contributed by atoms with E-state index in [1.165, 1.54) is 6.42 Å². The van der Waals surface area contributed by atoms with Crippen molar-refractivity contribution in [3.63, 3.8) is 0 Å². The van der Waals surface area contributed by atoms with Crippen LogP contribution in [-0.4, -0.2) is 22.6 Å². The maximum absolute atomic E-state index is 6.09. The third kappa shape index (κ3) is 3.84. The van der Waals surface area contributed by atoms with E-state index >= 15 is 0 Å². The van der Waals surface area contributed by atoms with Gasteiger partial charge in [-0.1, -0.05) is 20.8 Å². The molecule has 4 nitrogen and oxygen atoms in total. The van der Waals surface area contributed by atoms with Gasteiger partial charge < -0.3 is 10.1 Å². The molecular formula is C15H24BrN3O. The van der Waals surface area contributed by atoms with E-state index in [1.54, 1.807) is 6.33 Å². The molecule has 0 saturated heterocycles. The zero-order valence-electron chi connectivity index (χ0n) is 12.5. The van der Waals surface area contributed by atoms with E-state index < -0.39 is 0 Å². The summed E-state index contributed by atoms with van der Waals surface area (Å²) in [4.78, 5) is 8.51. The van der Waals surface area contributed by atoms with Crippen LogP contribution in [0.2, 0.25) is 0 Å². The molecule has 1 N–H and O–H groups in total. The van der Waals surface area contributed by atoms with Crippen molar-refractivity contribution < 1.29 is 4.74 Å². The van der Waals surface area contributed by atoms with Crippen molar-refractivity contribution in [2.75, 3.05) is 11.9 Å². The summed E-state index contributed by atoms with van der Waals surface area (Å²) in [5.74, 6) is 2.98. The van der Waals surface area contributed by atoms with Gasteiger partial charge in [-0.3, -0.25) is 0 Å². The fourth-order valence-electron chi connectivity index (χ4n) is 2.57. The van der Waals surface area contributed by atoms with Gasteiger partial charge in [-0.15, -0.1) is 0 Å². The van der Waals surface area contributed by atoms with Gasteiger partial charge in [0.1, 0.15) is 22.7 Å². The molecule has 3 unspecified atom stereocenters. The number of aromatic nitrogens is 2. The molecule has 3 atom stereocenters. The number of hydrogen-bond acceptors (Lipinski definition) is 4. The van der Waals surface area contributed by atoms with Gasteiger partial charge in [-0.05, 0) is 53.4 Å². The van der Waals surface area contributed by atoms with Crippen LogP contribution in [-0.2, 0) is 0 Å². The van der Waals surface area contributed by atoms with Crippen molar-refractivity contribution in [3.8, 4) is 5.88 Å². The Labute approximate surface area is 129 Å². The molecule has 0 aromatic carbocycles. The molecule has 5 heteroatoms. The van der Waals surface area contributed by atoms with Crippen molar-refractivity contribution in [2.45, 2.75) is 52.6 Å². The Kier molecular flexibility index (Phi) is 5.64. The van der Waals surface area contributed by atoms with Crippen LogP contribution >= 0.6 is 15.9 Å². The number of nitrogens with one attached hydrogen (secondary N) is 1. The van der Waals surface area contributed by atoms with Crippen molar-refractivity contribution in [1.82, 2.24) is 9.97 Å². The molecule has 20 heavy (non-hydrogen) atoms. The number of ether oxygens (including phenoxy) is 1. The topological polar surface area (TPSA) is 47.0 Å². The monoisotopic (exact) mass is 341 g/mol. The first-order valence-electron chi connectivity index (χ1n) is 7.52. The Hall–Kier alpha value is -0.840. The van der Waals surface area contributed by atoms with Crippen molar-refractivity contribution in [1.29, 1.82) is 0 Å². The zero-order valence-corrected chi connectivity index (χ0v) is 14.1. The second-order valence-corrected chi connectivity index (χ2v) is 6.57. The predicted molar refractivity (Wildman–Crippen MR) is 85.1 cm³/mol.